The first-order valence-electron chi connectivity index (χ1n) is 10.1. The zero-order valence-corrected chi connectivity index (χ0v) is 17.7. The maximum Gasteiger partial charge on any atom is 0.255 e. The number of halogens is 3. The molecule has 3 heterocycles. The zero-order valence-electron chi connectivity index (χ0n) is 17.7. The molecule has 0 bridgehead atoms. The molecular formula is C22H17B2F3N4O. The quantitative estimate of drug-likeness (QED) is 0.467. The first kappa shape index (κ1) is 20.4. The number of rotatable bonds is 3. The molecule has 5 rings (SSSR count). The molecule has 0 saturated carbocycles. The Bertz CT molecular complexity index is 1400. The molecule has 32 heavy (non-hydrogen) atoms. The predicted molar refractivity (Wildman–Crippen MR) is 119 cm³/mol. The highest BCUT2D eigenvalue weighted by Gasteiger charge is 2.44. The van der Waals surface area contributed by atoms with Gasteiger partial charge in [0.05, 0.1) is 17.8 Å². The van der Waals surface area contributed by atoms with Crippen LogP contribution < -0.4 is 0 Å². The van der Waals surface area contributed by atoms with Gasteiger partial charge in [0.1, 0.15) is 32.8 Å². The van der Waals surface area contributed by atoms with Crippen molar-refractivity contribution < 1.29 is 18.0 Å². The number of aromatic nitrogens is 3. The molecule has 1 aliphatic rings. The lowest BCUT2D eigenvalue weighted by atomic mass is 9.59. The van der Waals surface area contributed by atoms with E-state index < -0.39 is 22.8 Å². The first-order chi connectivity index (χ1) is 15.2. The second kappa shape index (κ2) is 6.98. The third-order valence-electron chi connectivity index (χ3n) is 6.05. The molecule has 0 atom stereocenters. The summed E-state index contributed by atoms with van der Waals surface area (Å²) in [6, 6.07) is 8.44. The summed E-state index contributed by atoms with van der Waals surface area (Å²) in [6.07, 6.45) is 3.20. The Morgan fingerprint density at radius 3 is 2.44 bits per heavy atom. The molecule has 0 saturated heterocycles. The first-order valence-corrected chi connectivity index (χ1v) is 10.1. The van der Waals surface area contributed by atoms with E-state index in [1.165, 1.54) is 33.8 Å². The minimum atomic E-state index is -0.815. The molecule has 158 valence electrons. The molecule has 4 aromatic rings. The van der Waals surface area contributed by atoms with Gasteiger partial charge < -0.3 is 4.90 Å². The van der Waals surface area contributed by atoms with Gasteiger partial charge in [-0.15, -0.1) is 0 Å². The van der Waals surface area contributed by atoms with Gasteiger partial charge in [-0.25, -0.2) is 13.2 Å². The third-order valence-corrected chi connectivity index (χ3v) is 6.05. The molecule has 0 aliphatic carbocycles. The number of pyridine rings is 1. The van der Waals surface area contributed by atoms with E-state index in [0.717, 1.165) is 0 Å². The molecule has 2 aromatic carbocycles. The Kier molecular flexibility index (Phi) is 4.44. The number of fused-ring (bicyclic) bond motifs is 2. The van der Waals surface area contributed by atoms with Crippen molar-refractivity contribution in [1.29, 1.82) is 0 Å². The summed E-state index contributed by atoms with van der Waals surface area (Å²) in [4.78, 5) is 18.6. The Balaban J connectivity index is 1.55. The molecule has 0 unspecified atom stereocenters. The van der Waals surface area contributed by atoms with E-state index in [0.29, 0.717) is 22.2 Å². The molecule has 1 aliphatic heterocycles. The van der Waals surface area contributed by atoms with Crippen molar-refractivity contribution >= 4 is 32.5 Å². The molecule has 2 aromatic heterocycles. The van der Waals surface area contributed by atoms with Crippen molar-refractivity contribution in [3.8, 4) is 11.1 Å². The smallest absolute Gasteiger partial charge is 0.255 e. The van der Waals surface area contributed by atoms with Gasteiger partial charge in [-0.1, -0.05) is 6.07 Å². The lowest BCUT2D eigenvalue weighted by Crippen LogP contribution is -2.45. The van der Waals surface area contributed by atoms with Crippen molar-refractivity contribution in [3.63, 3.8) is 0 Å². The normalized spacial score (nSPS) is 14.9. The largest absolute Gasteiger partial charge is 0.339 e. The van der Waals surface area contributed by atoms with E-state index in [4.69, 9.17) is 0 Å². The van der Waals surface area contributed by atoms with E-state index >= 15 is 8.78 Å². The lowest BCUT2D eigenvalue weighted by molar-refractivity contribution is 0.0727. The van der Waals surface area contributed by atoms with Crippen molar-refractivity contribution in [3.05, 3.63) is 83.1 Å². The van der Waals surface area contributed by atoms with Gasteiger partial charge in [0.2, 0.25) is 0 Å². The van der Waals surface area contributed by atoms with Gasteiger partial charge in [0, 0.05) is 35.7 Å². The molecule has 10 heteroatoms. The summed E-state index contributed by atoms with van der Waals surface area (Å²) in [7, 11) is 5.24. The van der Waals surface area contributed by atoms with Gasteiger partial charge in [0.15, 0.2) is 5.82 Å². The van der Waals surface area contributed by atoms with Crippen LogP contribution in [0.5, 0.6) is 0 Å². The lowest BCUT2D eigenvalue weighted by Gasteiger charge is -2.32. The summed E-state index contributed by atoms with van der Waals surface area (Å²) in [5.41, 5.74) is 1.65. The van der Waals surface area contributed by atoms with Crippen molar-refractivity contribution in [1.82, 2.24) is 19.7 Å². The Hall–Kier alpha value is -3.55. The van der Waals surface area contributed by atoms with Crippen molar-refractivity contribution in [2.75, 3.05) is 0 Å². The zero-order chi connectivity index (χ0) is 22.8. The fraction of sp³-hybridized carbons (Fsp3) is 0.136. The van der Waals surface area contributed by atoms with E-state index in [1.807, 2.05) is 0 Å². The number of carbonyl (C=O) groups is 1. The number of hydrogen-bond donors (Lipinski definition) is 0. The molecular weight excluding hydrogens is 415 g/mol. The van der Waals surface area contributed by atoms with Gasteiger partial charge in [-0.05, 0) is 41.5 Å². The van der Waals surface area contributed by atoms with Crippen molar-refractivity contribution in [2.45, 2.75) is 11.9 Å². The van der Waals surface area contributed by atoms with E-state index in [-0.39, 0.29) is 29.1 Å². The van der Waals surface area contributed by atoms with Crippen LogP contribution in [0.15, 0.2) is 48.8 Å². The molecule has 1 amide bonds. The van der Waals surface area contributed by atoms with Crippen LogP contribution in [0.1, 0.15) is 21.6 Å². The highest BCUT2D eigenvalue weighted by molar-refractivity contribution is 6.42. The maximum absolute atomic E-state index is 15.2. The Labute approximate surface area is 183 Å². The molecule has 0 N–H and O–H groups in total. The minimum Gasteiger partial charge on any atom is -0.339 e. The van der Waals surface area contributed by atoms with Gasteiger partial charge >= 0.3 is 0 Å². The van der Waals surface area contributed by atoms with Crippen LogP contribution in [0.4, 0.5) is 13.2 Å². The summed E-state index contributed by atoms with van der Waals surface area (Å²) in [6.45, 7) is -0.244. The summed E-state index contributed by atoms with van der Waals surface area (Å²) >= 11 is 0. The van der Waals surface area contributed by atoms with Crippen molar-refractivity contribution in [2.24, 2.45) is 7.05 Å². The topological polar surface area (TPSA) is 51.0 Å². The van der Waals surface area contributed by atoms with Crippen LogP contribution >= 0.6 is 0 Å². The van der Waals surface area contributed by atoms with Gasteiger partial charge in [-0.2, -0.15) is 5.10 Å². The summed E-state index contributed by atoms with van der Waals surface area (Å²) < 4.78 is 45.9. The molecule has 0 radical (unpaired) electrons. The van der Waals surface area contributed by atoms with E-state index in [1.54, 1.807) is 47.3 Å². The fourth-order valence-corrected chi connectivity index (χ4v) is 4.37. The van der Waals surface area contributed by atoms with Crippen LogP contribution in [-0.2, 0) is 18.9 Å². The average Bonchev–Trinajstić information content (AvgIpc) is 3.22. The average molecular weight is 432 g/mol. The summed E-state index contributed by atoms with van der Waals surface area (Å²) in [5, 5.41) is 3.72. The van der Waals surface area contributed by atoms with Gasteiger partial charge in [0.25, 0.3) is 5.91 Å². The van der Waals surface area contributed by atoms with Crippen LogP contribution in [0.2, 0.25) is 0 Å². The second-order valence-corrected chi connectivity index (χ2v) is 8.43. The standard InChI is InChI=1S/C22H17B2F3N4O/c1-30-9-14-12(4-5-16(25)19(14)29-30)11-7-17(26)15(18(27)8-11)10-31-21(32)13-3-2-6-28-20(13)22(31,23)24/h2-9H,10,23-24H2,1H3. The number of hydrogen-bond acceptors (Lipinski definition) is 3. The van der Waals surface area contributed by atoms with Gasteiger partial charge in [-0.3, -0.25) is 14.5 Å². The Morgan fingerprint density at radius 2 is 1.75 bits per heavy atom. The second-order valence-electron chi connectivity index (χ2n) is 8.43. The fourth-order valence-electron chi connectivity index (χ4n) is 4.37. The van der Waals surface area contributed by atoms with Crippen LogP contribution in [0.3, 0.4) is 0 Å². The predicted octanol–water partition coefficient (Wildman–Crippen LogP) is 2.09. The molecule has 0 spiro atoms. The monoisotopic (exact) mass is 432 g/mol. The number of aryl methyl sites for hydroxylation is 1. The highest BCUT2D eigenvalue weighted by Crippen LogP contribution is 2.36. The molecule has 0 fully saturated rings. The van der Waals surface area contributed by atoms with Crippen LogP contribution in [0, 0.1) is 17.5 Å². The number of benzene rings is 2. The highest BCUT2D eigenvalue weighted by atomic mass is 19.1. The maximum atomic E-state index is 15.2. The number of nitrogens with zero attached hydrogens (tertiary/aromatic N) is 4. The number of carbonyl (C=O) groups excluding carboxylic acids is 1. The minimum absolute atomic E-state index is 0.129. The van der Waals surface area contributed by atoms with Crippen LogP contribution in [-0.4, -0.2) is 41.3 Å². The third kappa shape index (κ3) is 2.93. The molecule has 5 nitrogen and oxygen atoms in total. The van der Waals surface area contributed by atoms with E-state index in [2.05, 4.69) is 10.1 Å². The van der Waals surface area contributed by atoms with Crippen LogP contribution in [0.25, 0.3) is 22.0 Å². The Morgan fingerprint density at radius 1 is 1.03 bits per heavy atom. The number of amides is 1. The summed E-state index contributed by atoms with van der Waals surface area (Å²) in [5.74, 6) is -2.40. The van der Waals surface area contributed by atoms with E-state index in [9.17, 15) is 9.18 Å². The SMILES string of the molecule is BC1(B)c2ncccc2C(=O)N1Cc1c(F)cc(-c2ccc(F)c3nn(C)cc23)cc1F.